The summed E-state index contributed by atoms with van der Waals surface area (Å²) in [5, 5.41) is 3.59. The first-order valence-electron chi connectivity index (χ1n) is 7.27. The molecule has 3 rings (SSSR count). The molecule has 0 N–H and O–H groups in total. The molecule has 1 amide bonds. The fraction of sp³-hybridized carbons (Fsp3) is 0.400. The van der Waals surface area contributed by atoms with Gasteiger partial charge in [0.2, 0.25) is 5.89 Å². The molecule has 1 aliphatic rings. The van der Waals surface area contributed by atoms with Crippen LogP contribution < -0.4 is 4.74 Å². The third kappa shape index (κ3) is 3.46. The Labute approximate surface area is 131 Å². The molecule has 0 bridgehead atoms. The monoisotopic (exact) mass is 323 g/mol. The number of carbonyl (C=O) groups is 1. The molecule has 1 unspecified atom stereocenters. The number of amides is 1. The van der Waals surface area contributed by atoms with Crippen LogP contribution in [0.2, 0.25) is 0 Å². The molecule has 8 heteroatoms. The summed E-state index contributed by atoms with van der Waals surface area (Å²) in [4.78, 5) is 18.4. The molecule has 1 aromatic heterocycles. The molecule has 23 heavy (non-hydrogen) atoms. The van der Waals surface area contributed by atoms with Gasteiger partial charge in [0, 0.05) is 12.1 Å². The van der Waals surface area contributed by atoms with Crippen LogP contribution in [0, 0.1) is 0 Å². The number of hydrogen-bond donors (Lipinski definition) is 0. The largest absolute Gasteiger partial charge is 0.435 e. The molecule has 1 fully saturated rings. The van der Waals surface area contributed by atoms with Crippen molar-refractivity contribution < 1.29 is 22.8 Å². The molecule has 0 aliphatic carbocycles. The lowest BCUT2D eigenvalue weighted by molar-refractivity contribution is -0.0498. The van der Waals surface area contributed by atoms with Gasteiger partial charge < -0.3 is 14.2 Å². The Hall–Kier alpha value is -2.51. The molecule has 122 valence electrons. The Morgan fingerprint density at radius 3 is 2.74 bits per heavy atom. The van der Waals surface area contributed by atoms with Crippen LogP contribution in [0.5, 0.6) is 5.75 Å². The van der Waals surface area contributed by atoms with Crippen molar-refractivity contribution in [3.05, 3.63) is 42.0 Å². The predicted octanol–water partition coefficient (Wildman–Crippen LogP) is 3.04. The number of carbonyl (C=O) groups excluding carboxylic acids is 1. The van der Waals surface area contributed by atoms with Crippen molar-refractivity contribution in [2.24, 2.45) is 0 Å². The number of rotatable bonds is 4. The summed E-state index contributed by atoms with van der Waals surface area (Å²) in [6, 6.07) is 5.39. The van der Waals surface area contributed by atoms with Gasteiger partial charge in [0.05, 0.1) is 0 Å². The van der Waals surface area contributed by atoms with Crippen molar-refractivity contribution in [3.8, 4) is 5.75 Å². The number of alkyl halides is 2. The lowest BCUT2D eigenvalue weighted by Gasteiger charge is -2.33. The molecule has 2 aromatic rings. The standard InChI is InChI=1S/C15H15F2N3O3/c16-15(17)22-11-6-4-10(5-7-11)14(21)20-8-2-1-3-12(20)13-18-9-19-23-13/h4-7,9,12,15H,1-3,8H2. The van der Waals surface area contributed by atoms with Crippen LogP contribution in [-0.4, -0.2) is 34.1 Å². The molecule has 1 saturated heterocycles. The first-order chi connectivity index (χ1) is 11.1. The highest BCUT2D eigenvalue weighted by Gasteiger charge is 2.32. The first kappa shape index (κ1) is 15.4. The third-order valence-electron chi connectivity index (χ3n) is 3.75. The minimum absolute atomic E-state index is 0.0173. The minimum atomic E-state index is -2.89. The fourth-order valence-electron chi connectivity index (χ4n) is 2.70. The number of benzene rings is 1. The van der Waals surface area contributed by atoms with Gasteiger partial charge in [0.1, 0.15) is 11.8 Å². The maximum atomic E-state index is 12.7. The van der Waals surface area contributed by atoms with Crippen LogP contribution in [0.4, 0.5) is 8.78 Å². The highest BCUT2D eigenvalue weighted by Crippen LogP contribution is 2.31. The van der Waals surface area contributed by atoms with E-state index in [4.69, 9.17) is 4.52 Å². The van der Waals surface area contributed by atoms with Gasteiger partial charge in [-0.15, -0.1) is 0 Å². The van der Waals surface area contributed by atoms with Crippen LogP contribution >= 0.6 is 0 Å². The Bertz CT molecular complexity index is 646. The van der Waals surface area contributed by atoms with Crippen LogP contribution in [0.1, 0.15) is 41.6 Å². The van der Waals surface area contributed by atoms with E-state index < -0.39 is 6.61 Å². The maximum Gasteiger partial charge on any atom is 0.387 e. The van der Waals surface area contributed by atoms with Gasteiger partial charge in [-0.25, -0.2) is 0 Å². The second-order valence-electron chi connectivity index (χ2n) is 5.19. The normalized spacial score (nSPS) is 18.2. The van der Waals surface area contributed by atoms with E-state index in [9.17, 15) is 13.6 Å². The fourth-order valence-corrected chi connectivity index (χ4v) is 2.70. The van der Waals surface area contributed by atoms with E-state index in [0.717, 1.165) is 19.3 Å². The Morgan fingerprint density at radius 1 is 1.30 bits per heavy atom. The first-order valence-corrected chi connectivity index (χ1v) is 7.27. The smallest absolute Gasteiger partial charge is 0.387 e. The molecule has 1 aliphatic heterocycles. The van der Waals surface area contributed by atoms with Gasteiger partial charge >= 0.3 is 6.61 Å². The lowest BCUT2D eigenvalue weighted by Crippen LogP contribution is -2.38. The average molecular weight is 323 g/mol. The maximum absolute atomic E-state index is 12.7. The van der Waals surface area contributed by atoms with Crippen molar-refractivity contribution in [2.75, 3.05) is 6.54 Å². The molecule has 0 radical (unpaired) electrons. The number of hydrogen-bond acceptors (Lipinski definition) is 5. The summed E-state index contributed by atoms with van der Waals surface area (Å²) in [5.74, 6) is 0.232. The molecule has 2 heterocycles. The summed E-state index contributed by atoms with van der Waals surface area (Å²) in [6.45, 7) is -2.30. The van der Waals surface area contributed by atoms with Gasteiger partial charge in [0.25, 0.3) is 5.91 Å². The van der Waals surface area contributed by atoms with E-state index in [1.54, 1.807) is 4.90 Å². The zero-order valence-corrected chi connectivity index (χ0v) is 12.2. The van der Waals surface area contributed by atoms with E-state index in [2.05, 4.69) is 14.9 Å². The second-order valence-corrected chi connectivity index (χ2v) is 5.19. The van der Waals surface area contributed by atoms with Crippen LogP contribution in [0.3, 0.4) is 0 Å². The second kappa shape index (κ2) is 6.72. The molecule has 0 saturated carbocycles. The molecular formula is C15H15F2N3O3. The van der Waals surface area contributed by atoms with Crippen molar-refractivity contribution in [1.29, 1.82) is 0 Å². The topological polar surface area (TPSA) is 68.5 Å². The zero-order valence-electron chi connectivity index (χ0n) is 12.2. The van der Waals surface area contributed by atoms with E-state index in [1.165, 1.54) is 30.6 Å². The van der Waals surface area contributed by atoms with Gasteiger partial charge in [-0.05, 0) is 43.5 Å². The molecule has 6 nitrogen and oxygen atoms in total. The zero-order chi connectivity index (χ0) is 16.2. The summed E-state index contributed by atoms with van der Waals surface area (Å²) < 4.78 is 33.7. The minimum Gasteiger partial charge on any atom is -0.435 e. The van der Waals surface area contributed by atoms with E-state index in [1.807, 2.05) is 0 Å². The Balaban J connectivity index is 1.77. The number of nitrogens with zero attached hydrogens (tertiary/aromatic N) is 3. The third-order valence-corrected chi connectivity index (χ3v) is 3.75. The Morgan fingerprint density at radius 2 is 2.09 bits per heavy atom. The molecule has 1 atom stereocenters. The van der Waals surface area contributed by atoms with E-state index >= 15 is 0 Å². The van der Waals surface area contributed by atoms with Crippen LogP contribution in [0.15, 0.2) is 35.1 Å². The number of likely N-dealkylation sites (tertiary alicyclic amines) is 1. The molecule has 0 spiro atoms. The van der Waals surface area contributed by atoms with Crippen molar-refractivity contribution in [2.45, 2.75) is 31.9 Å². The highest BCUT2D eigenvalue weighted by atomic mass is 19.3. The van der Waals surface area contributed by atoms with Crippen LogP contribution in [0.25, 0.3) is 0 Å². The van der Waals surface area contributed by atoms with Gasteiger partial charge in [-0.2, -0.15) is 13.8 Å². The summed E-state index contributed by atoms with van der Waals surface area (Å²) in [7, 11) is 0. The van der Waals surface area contributed by atoms with E-state index in [0.29, 0.717) is 18.0 Å². The quantitative estimate of drug-likeness (QED) is 0.865. The van der Waals surface area contributed by atoms with Crippen molar-refractivity contribution in [3.63, 3.8) is 0 Å². The summed E-state index contributed by atoms with van der Waals surface area (Å²) in [6.07, 6.45) is 3.92. The number of halogens is 2. The predicted molar refractivity (Wildman–Crippen MR) is 75.0 cm³/mol. The van der Waals surface area contributed by atoms with Crippen molar-refractivity contribution in [1.82, 2.24) is 15.0 Å². The van der Waals surface area contributed by atoms with Gasteiger partial charge in [-0.1, -0.05) is 5.16 Å². The van der Waals surface area contributed by atoms with Crippen molar-refractivity contribution >= 4 is 5.91 Å². The summed E-state index contributed by atoms with van der Waals surface area (Å²) >= 11 is 0. The SMILES string of the molecule is O=C(c1ccc(OC(F)F)cc1)N1CCCCC1c1ncno1. The lowest BCUT2D eigenvalue weighted by atomic mass is 10.0. The van der Waals surface area contributed by atoms with Gasteiger partial charge in [-0.3, -0.25) is 4.79 Å². The number of aromatic nitrogens is 2. The van der Waals surface area contributed by atoms with Gasteiger partial charge in [0.15, 0.2) is 6.33 Å². The molecule has 1 aromatic carbocycles. The molecular weight excluding hydrogens is 308 g/mol. The van der Waals surface area contributed by atoms with E-state index in [-0.39, 0.29) is 17.7 Å². The number of ether oxygens (including phenoxy) is 1. The van der Waals surface area contributed by atoms with Crippen LogP contribution in [-0.2, 0) is 0 Å². The highest BCUT2D eigenvalue weighted by molar-refractivity contribution is 5.94. The number of piperidine rings is 1. The summed E-state index contributed by atoms with van der Waals surface area (Å²) in [5.41, 5.74) is 0.401. The average Bonchev–Trinajstić information content (AvgIpc) is 3.09. The Kier molecular flexibility index (Phi) is 4.50.